The van der Waals surface area contributed by atoms with E-state index in [0.717, 1.165) is 5.69 Å². The van der Waals surface area contributed by atoms with Gasteiger partial charge in [-0.15, -0.1) is 11.3 Å². The lowest BCUT2D eigenvalue weighted by Crippen LogP contribution is -3.11. The molecule has 7 heteroatoms. The molecule has 1 aliphatic rings. The summed E-state index contributed by atoms with van der Waals surface area (Å²) < 4.78 is 0. The zero-order valence-corrected chi connectivity index (χ0v) is 17.2. The molecule has 1 saturated heterocycles. The van der Waals surface area contributed by atoms with E-state index in [4.69, 9.17) is 35.4 Å². The zero-order chi connectivity index (χ0) is 17.8. The van der Waals surface area contributed by atoms with E-state index < -0.39 is 0 Å². The zero-order valence-electron chi connectivity index (χ0n) is 14.0. The van der Waals surface area contributed by atoms with Gasteiger partial charge in [0.2, 0.25) is 0 Å². The summed E-state index contributed by atoms with van der Waals surface area (Å²) in [6.45, 7) is 4.65. The SMILES string of the molecule is C[C@@H](NC(=S)Nc1ccc(Cl)c(Cl)c1)[C@H](c1cccs1)[NH+]1CCCC1. The quantitative estimate of drug-likeness (QED) is 0.641. The molecule has 1 fully saturated rings. The first-order valence-corrected chi connectivity index (χ1v) is 10.5. The van der Waals surface area contributed by atoms with E-state index in [-0.39, 0.29) is 6.04 Å². The lowest BCUT2D eigenvalue weighted by Gasteiger charge is -2.30. The highest BCUT2D eigenvalue weighted by atomic mass is 35.5. The van der Waals surface area contributed by atoms with E-state index in [2.05, 4.69) is 35.1 Å². The van der Waals surface area contributed by atoms with Gasteiger partial charge in [0.15, 0.2) is 5.11 Å². The molecule has 1 aromatic heterocycles. The average molecular weight is 415 g/mol. The number of anilines is 1. The Morgan fingerprint density at radius 3 is 2.60 bits per heavy atom. The Morgan fingerprint density at radius 2 is 1.96 bits per heavy atom. The molecular formula is C18H22Cl2N3S2+. The number of hydrogen-bond acceptors (Lipinski definition) is 2. The maximum atomic E-state index is 6.07. The standard InChI is InChI=1S/C18H21Cl2N3S2/c1-12(17(16-5-4-10-25-16)23-8-2-3-9-23)21-18(24)22-13-6-7-14(19)15(20)11-13/h4-7,10-12,17H,2-3,8-9H2,1H3,(H2,21,22,24)/p+1/t12-,17-/m1/s1. The third kappa shape index (κ3) is 4.86. The molecule has 2 heterocycles. The van der Waals surface area contributed by atoms with Crippen LogP contribution >= 0.6 is 46.8 Å². The van der Waals surface area contributed by atoms with Crippen LogP contribution in [0.3, 0.4) is 0 Å². The van der Waals surface area contributed by atoms with Gasteiger partial charge in [-0.3, -0.25) is 0 Å². The summed E-state index contributed by atoms with van der Waals surface area (Å²) in [5.41, 5.74) is 0.834. The molecule has 2 aromatic rings. The minimum absolute atomic E-state index is 0.231. The van der Waals surface area contributed by atoms with Crippen molar-refractivity contribution in [2.24, 2.45) is 0 Å². The smallest absolute Gasteiger partial charge is 0.171 e. The second-order valence-electron chi connectivity index (χ2n) is 6.37. The molecule has 0 unspecified atom stereocenters. The summed E-state index contributed by atoms with van der Waals surface area (Å²) >= 11 is 19.4. The summed E-state index contributed by atoms with van der Waals surface area (Å²) in [4.78, 5) is 3.05. The van der Waals surface area contributed by atoms with Gasteiger partial charge in [-0.2, -0.15) is 0 Å². The van der Waals surface area contributed by atoms with Crippen LogP contribution in [0.1, 0.15) is 30.7 Å². The molecule has 3 nitrogen and oxygen atoms in total. The topological polar surface area (TPSA) is 28.5 Å². The molecule has 0 saturated carbocycles. The number of thiocarbonyl (C=S) groups is 1. The molecule has 134 valence electrons. The fraction of sp³-hybridized carbons (Fsp3) is 0.389. The van der Waals surface area contributed by atoms with Gasteiger partial charge in [0.05, 0.1) is 34.1 Å². The maximum Gasteiger partial charge on any atom is 0.171 e. The van der Waals surface area contributed by atoms with Gasteiger partial charge in [-0.25, -0.2) is 0 Å². The Morgan fingerprint density at radius 1 is 1.20 bits per heavy atom. The summed E-state index contributed by atoms with van der Waals surface area (Å²) in [6, 6.07) is 10.4. The number of hydrogen-bond donors (Lipinski definition) is 3. The fourth-order valence-electron chi connectivity index (χ4n) is 3.44. The maximum absolute atomic E-state index is 6.07. The summed E-state index contributed by atoms with van der Waals surface area (Å²) in [5, 5.41) is 10.5. The van der Waals surface area contributed by atoms with Crippen LogP contribution in [0.2, 0.25) is 10.0 Å². The second kappa shape index (κ2) is 8.69. The summed E-state index contributed by atoms with van der Waals surface area (Å²) in [5.74, 6) is 0. The van der Waals surface area contributed by atoms with Crippen molar-refractivity contribution in [3.05, 3.63) is 50.6 Å². The van der Waals surface area contributed by atoms with E-state index in [1.165, 1.54) is 30.8 Å². The average Bonchev–Trinajstić information content (AvgIpc) is 3.25. The van der Waals surface area contributed by atoms with Crippen molar-refractivity contribution in [1.82, 2.24) is 5.32 Å². The normalized spacial score (nSPS) is 17.2. The van der Waals surface area contributed by atoms with Crippen molar-refractivity contribution in [3.63, 3.8) is 0 Å². The van der Waals surface area contributed by atoms with Crippen LogP contribution < -0.4 is 15.5 Å². The number of likely N-dealkylation sites (tertiary alicyclic amines) is 1. The number of benzene rings is 1. The lowest BCUT2D eigenvalue weighted by atomic mass is 10.1. The highest BCUT2D eigenvalue weighted by molar-refractivity contribution is 7.80. The van der Waals surface area contributed by atoms with Crippen LogP contribution in [-0.2, 0) is 0 Å². The molecular weight excluding hydrogens is 393 g/mol. The first kappa shape index (κ1) is 18.9. The minimum Gasteiger partial charge on any atom is -0.354 e. The molecule has 25 heavy (non-hydrogen) atoms. The number of rotatable bonds is 5. The monoisotopic (exact) mass is 414 g/mol. The minimum atomic E-state index is 0.231. The van der Waals surface area contributed by atoms with Crippen molar-refractivity contribution in [2.45, 2.75) is 31.8 Å². The Kier molecular flexibility index (Phi) is 6.58. The van der Waals surface area contributed by atoms with Gasteiger partial charge in [-0.1, -0.05) is 29.3 Å². The predicted octanol–water partition coefficient (Wildman–Crippen LogP) is 4.15. The molecule has 3 rings (SSSR count). The van der Waals surface area contributed by atoms with Crippen LogP contribution in [0, 0.1) is 0 Å². The summed E-state index contributed by atoms with van der Waals surface area (Å²) in [6.07, 6.45) is 2.60. The highest BCUT2D eigenvalue weighted by Crippen LogP contribution is 2.25. The van der Waals surface area contributed by atoms with Crippen molar-refractivity contribution in [2.75, 3.05) is 18.4 Å². The number of halogens is 2. The molecule has 0 bridgehead atoms. The van der Waals surface area contributed by atoms with Gasteiger partial charge in [-0.05, 0) is 48.8 Å². The van der Waals surface area contributed by atoms with Crippen molar-refractivity contribution in [3.8, 4) is 0 Å². The van der Waals surface area contributed by atoms with Crippen molar-refractivity contribution in [1.29, 1.82) is 0 Å². The van der Waals surface area contributed by atoms with Crippen molar-refractivity contribution >= 4 is 57.6 Å². The Balaban J connectivity index is 1.66. The van der Waals surface area contributed by atoms with Crippen LogP contribution in [0.15, 0.2) is 35.7 Å². The third-order valence-electron chi connectivity index (χ3n) is 4.57. The van der Waals surface area contributed by atoms with Gasteiger partial charge < -0.3 is 15.5 Å². The second-order valence-corrected chi connectivity index (χ2v) is 8.58. The van der Waals surface area contributed by atoms with E-state index >= 15 is 0 Å². The van der Waals surface area contributed by atoms with E-state index in [0.29, 0.717) is 21.2 Å². The van der Waals surface area contributed by atoms with Crippen molar-refractivity contribution < 1.29 is 4.90 Å². The van der Waals surface area contributed by atoms with Crippen LogP contribution in [0.5, 0.6) is 0 Å². The third-order valence-corrected chi connectivity index (χ3v) is 6.49. The van der Waals surface area contributed by atoms with E-state index in [9.17, 15) is 0 Å². The lowest BCUT2D eigenvalue weighted by molar-refractivity contribution is -0.920. The molecule has 0 amide bonds. The van der Waals surface area contributed by atoms with Crippen LogP contribution in [0.4, 0.5) is 5.69 Å². The largest absolute Gasteiger partial charge is 0.354 e. The van der Waals surface area contributed by atoms with Gasteiger partial charge in [0.25, 0.3) is 0 Å². The Hall–Kier alpha value is -0.850. The molecule has 0 spiro atoms. The predicted molar refractivity (Wildman–Crippen MR) is 112 cm³/mol. The van der Waals surface area contributed by atoms with Crippen LogP contribution in [0.25, 0.3) is 0 Å². The van der Waals surface area contributed by atoms with E-state index in [1.807, 2.05) is 17.4 Å². The first-order valence-electron chi connectivity index (χ1n) is 8.45. The molecule has 0 radical (unpaired) electrons. The van der Waals surface area contributed by atoms with Gasteiger partial charge in [0, 0.05) is 18.5 Å². The molecule has 1 aromatic carbocycles. The van der Waals surface area contributed by atoms with Gasteiger partial charge in [0.1, 0.15) is 6.04 Å². The fourth-order valence-corrected chi connectivity index (χ4v) is 5.03. The molecule has 0 aliphatic carbocycles. The molecule has 1 aliphatic heterocycles. The Labute approximate surface area is 168 Å². The highest BCUT2D eigenvalue weighted by Gasteiger charge is 2.33. The number of quaternary nitrogens is 1. The number of nitrogens with one attached hydrogen (secondary N) is 3. The first-order chi connectivity index (χ1) is 12.0. The van der Waals surface area contributed by atoms with Crippen LogP contribution in [-0.4, -0.2) is 24.2 Å². The molecule has 2 atom stereocenters. The number of thiophene rings is 1. The summed E-state index contributed by atoms with van der Waals surface area (Å²) in [7, 11) is 0. The van der Waals surface area contributed by atoms with E-state index in [1.54, 1.807) is 17.0 Å². The Bertz CT molecular complexity index is 715. The van der Waals surface area contributed by atoms with Gasteiger partial charge >= 0.3 is 0 Å². The molecule has 3 N–H and O–H groups in total.